The van der Waals surface area contributed by atoms with Crippen molar-refractivity contribution in [2.45, 2.75) is 26.2 Å². The molecule has 24 heavy (non-hydrogen) atoms. The second kappa shape index (κ2) is 8.29. The molecule has 1 saturated heterocycles. The molecule has 0 aromatic heterocycles. The van der Waals surface area contributed by atoms with Crippen LogP contribution in [-0.4, -0.2) is 40.8 Å². The summed E-state index contributed by atoms with van der Waals surface area (Å²) in [5.74, 6) is -0.428. The number of phenolic OH excluding ortho intramolecular Hbond substituents is 1. The summed E-state index contributed by atoms with van der Waals surface area (Å²) in [5, 5.41) is 11.9. The average Bonchev–Trinajstić information content (AvgIpc) is 2.80. The first-order chi connectivity index (χ1) is 11.5. The summed E-state index contributed by atoms with van der Waals surface area (Å²) in [7, 11) is 0. The lowest BCUT2D eigenvalue weighted by Crippen LogP contribution is -2.32. The molecule has 1 aromatic rings. The summed E-state index contributed by atoms with van der Waals surface area (Å²) in [6.45, 7) is 2.67. The summed E-state index contributed by atoms with van der Waals surface area (Å²) in [5.41, 5.74) is 0.822. The van der Waals surface area contributed by atoms with Crippen molar-refractivity contribution in [1.82, 2.24) is 10.2 Å². The van der Waals surface area contributed by atoms with Crippen LogP contribution in [0.4, 0.5) is 0 Å². The van der Waals surface area contributed by atoms with E-state index in [1.165, 1.54) is 11.0 Å². The standard InChI is InChI=1S/C18H22N2O4/c1-13-12-17(23)20(18(13)24)11-3-2-10-19-16(22)9-6-14-4-7-15(21)8-5-14/h4-9,13,21H,2-3,10-12H2,1H3,(H,19,22). The predicted octanol–water partition coefficient (Wildman–Crippen LogP) is 1.70. The number of rotatable bonds is 7. The summed E-state index contributed by atoms with van der Waals surface area (Å²) in [6.07, 6.45) is 4.77. The van der Waals surface area contributed by atoms with Gasteiger partial charge < -0.3 is 10.4 Å². The summed E-state index contributed by atoms with van der Waals surface area (Å²) >= 11 is 0. The number of nitrogens with zero attached hydrogens (tertiary/aromatic N) is 1. The number of aromatic hydroxyl groups is 1. The number of likely N-dealkylation sites (tertiary alicyclic amines) is 1. The molecule has 1 heterocycles. The summed E-state index contributed by atoms with van der Waals surface area (Å²) < 4.78 is 0. The van der Waals surface area contributed by atoms with E-state index in [-0.39, 0.29) is 29.4 Å². The van der Waals surface area contributed by atoms with Crippen LogP contribution in [0.2, 0.25) is 0 Å². The molecule has 1 atom stereocenters. The molecule has 0 spiro atoms. The summed E-state index contributed by atoms with van der Waals surface area (Å²) in [4.78, 5) is 36.4. The van der Waals surface area contributed by atoms with E-state index in [4.69, 9.17) is 0 Å². The number of imide groups is 1. The minimum absolute atomic E-state index is 0.0964. The molecule has 2 N–H and O–H groups in total. The molecule has 0 bridgehead atoms. The van der Waals surface area contributed by atoms with E-state index in [0.717, 1.165) is 5.56 Å². The fraction of sp³-hybridized carbons (Fsp3) is 0.389. The maximum Gasteiger partial charge on any atom is 0.243 e. The SMILES string of the molecule is CC1CC(=O)N(CCCCNC(=O)C=Cc2ccc(O)cc2)C1=O. The van der Waals surface area contributed by atoms with Crippen molar-refractivity contribution in [3.63, 3.8) is 0 Å². The van der Waals surface area contributed by atoms with E-state index in [1.807, 2.05) is 0 Å². The van der Waals surface area contributed by atoms with Crippen LogP contribution in [0.1, 0.15) is 31.7 Å². The molecule has 0 aliphatic carbocycles. The maximum atomic E-state index is 11.7. The van der Waals surface area contributed by atoms with Crippen LogP contribution in [0.3, 0.4) is 0 Å². The van der Waals surface area contributed by atoms with Gasteiger partial charge in [-0.05, 0) is 36.6 Å². The number of hydrogen-bond donors (Lipinski definition) is 2. The first-order valence-corrected chi connectivity index (χ1v) is 8.06. The number of unbranched alkanes of at least 4 members (excludes halogenated alkanes) is 1. The van der Waals surface area contributed by atoms with Gasteiger partial charge in [-0.15, -0.1) is 0 Å². The zero-order chi connectivity index (χ0) is 17.5. The first-order valence-electron chi connectivity index (χ1n) is 8.06. The zero-order valence-electron chi connectivity index (χ0n) is 13.7. The highest BCUT2D eigenvalue weighted by Crippen LogP contribution is 2.18. The van der Waals surface area contributed by atoms with Gasteiger partial charge in [-0.25, -0.2) is 0 Å². The smallest absolute Gasteiger partial charge is 0.243 e. The maximum absolute atomic E-state index is 11.7. The predicted molar refractivity (Wildman–Crippen MR) is 89.9 cm³/mol. The molecule has 0 saturated carbocycles. The fourth-order valence-electron chi connectivity index (χ4n) is 2.51. The lowest BCUT2D eigenvalue weighted by molar-refractivity contribution is -0.139. The van der Waals surface area contributed by atoms with E-state index in [0.29, 0.717) is 32.4 Å². The highest BCUT2D eigenvalue weighted by Gasteiger charge is 2.34. The number of carbonyl (C=O) groups excluding carboxylic acids is 3. The van der Waals surface area contributed by atoms with Crippen molar-refractivity contribution in [2.24, 2.45) is 5.92 Å². The second-order valence-electron chi connectivity index (χ2n) is 5.91. The van der Waals surface area contributed by atoms with Crippen LogP contribution in [0.5, 0.6) is 5.75 Å². The van der Waals surface area contributed by atoms with E-state index in [1.54, 1.807) is 37.3 Å². The molecule has 6 heteroatoms. The zero-order valence-corrected chi connectivity index (χ0v) is 13.7. The number of benzene rings is 1. The molecular formula is C18H22N2O4. The normalized spacial score (nSPS) is 17.7. The Labute approximate surface area is 141 Å². The quantitative estimate of drug-likeness (QED) is 0.452. The van der Waals surface area contributed by atoms with Crippen molar-refractivity contribution < 1.29 is 19.5 Å². The van der Waals surface area contributed by atoms with Crippen LogP contribution >= 0.6 is 0 Å². The molecule has 3 amide bonds. The molecule has 1 aliphatic heterocycles. The number of phenols is 1. The minimum atomic E-state index is -0.206. The van der Waals surface area contributed by atoms with Crippen molar-refractivity contribution >= 4 is 23.8 Å². The molecule has 1 aliphatic rings. The summed E-state index contributed by atoms with van der Waals surface area (Å²) in [6, 6.07) is 6.53. The molecule has 128 valence electrons. The molecule has 6 nitrogen and oxygen atoms in total. The lowest BCUT2D eigenvalue weighted by Gasteiger charge is -2.13. The number of nitrogens with one attached hydrogen (secondary N) is 1. The van der Waals surface area contributed by atoms with Crippen LogP contribution in [0.15, 0.2) is 30.3 Å². The third-order valence-electron chi connectivity index (χ3n) is 3.90. The van der Waals surface area contributed by atoms with Crippen LogP contribution in [0.25, 0.3) is 6.08 Å². The van der Waals surface area contributed by atoms with E-state index < -0.39 is 0 Å². The third-order valence-corrected chi connectivity index (χ3v) is 3.90. The molecule has 1 unspecified atom stereocenters. The Bertz CT molecular complexity index is 637. The number of carbonyl (C=O) groups is 3. The highest BCUT2D eigenvalue weighted by molar-refractivity contribution is 6.03. The van der Waals surface area contributed by atoms with E-state index in [2.05, 4.69) is 5.32 Å². The van der Waals surface area contributed by atoms with E-state index >= 15 is 0 Å². The first kappa shape index (κ1) is 17.7. The van der Waals surface area contributed by atoms with Gasteiger partial charge in [0.15, 0.2) is 0 Å². The Morgan fingerprint density at radius 1 is 1.29 bits per heavy atom. The van der Waals surface area contributed by atoms with Gasteiger partial charge in [-0.1, -0.05) is 19.1 Å². The van der Waals surface area contributed by atoms with Gasteiger partial charge in [-0.3, -0.25) is 19.3 Å². The average molecular weight is 330 g/mol. The van der Waals surface area contributed by atoms with Gasteiger partial charge in [0.1, 0.15) is 5.75 Å². The molecular weight excluding hydrogens is 308 g/mol. The molecule has 2 rings (SSSR count). The fourth-order valence-corrected chi connectivity index (χ4v) is 2.51. The minimum Gasteiger partial charge on any atom is -0.508 e. The second-order valence-corrected chi connectivity index (χ2v) is 5.91. The Morgan fingerprint density at radius 2 is 2.00 bits per heavy atom. The lowest BCUT2D eigenvalue weighted by atomic mass is 10.1. The van der Waals surface area contributed by atoms with Crippen molar-refractivity contribution in [3.05, 3.63) is 35.9 Å². The topological polar surface area (TPSA) is 86.7 Å². The van der Waals surface area contributed by atoms with Gasteiger partial charge in [0.05, 0.1) is 0 Å². The van der Waals surface area contributed by atoms with Gasteiger partial charge >= 0.3 is 0 Å². The van der Waals surface area contributed by atoms with Crippen LogP contribution in [0, 0.1) is 5.92 Å². The Balaban J connectivity index is 1.63. The highest BCUT2D eigenvalue weighted by atomic mass is 16.3. The molecule has 1 aromatic carbocycles. The van der Waals surface area contributed by atoms with Crippen LogP contribution in [-0.2, 0) is 14.4 Å². The number of hydrogen-bond acceptors (Lipinski definition) is 4. The third kappa shape index (κ3) is 4.94. The Morgan fingerprint density at radius 3 is 2.62 bits per heavy atom. The van der Waals surface area contributed by atoms with Gasteiger partial charge in [0.25, 0.3) is 0 Å². The Hall–Kier alpha value is -2.63. The van der Waals surface area contributed by atoms with Gasteiger partial charge in [0, 0.05) is 31.5 Å². The van der Waals surface area contributed by atoms with Crippen molar-refractivity contribution in [1.29, 1.82) is 0 Å². The Kier molecular flexibility index (Phi) is 6.12. The van der Waals surface area contributed by atoms with Crippen molar-refractivity contribution in [3.8, 4) is 5.75 Å². The van der Waals surface area contributed by atoms with Gasteiger partial charge in [0.2, 0.25) is 17.7 Å². The molecule has 0 radical (unpaired) electrons. The van der Waals surface area contributed by atoms with E-state index in [9.17, 15) is 19.5 Å². The van der Waals surface area contributed by atoms with Gasteiger partial charge in [-0.2, -0.15) is 0 Å². The largest absolute Gasteiger partial charge is 0.508 e. The van der Waals surface area contributed by atoms with Crippen LogP contribution < -0.4 is 5.32 Å². The monoisotopic (exact) mass is 330 g/mol. The number of amides is 3. The molecule has 1 fully saturated rings. The van der Waals surface area contributed by atoms with Crippen molar-refractivity contribution in [2.75, 3.05) is 13.1 Å².